The molecule has 0 fully saturated rings. The Bertz CT molecular complexity index is 1000. The number of fused-ring (bicyclic) bond motifs is 1. The maximum atomic E-state index is 12.9. The summed E-state index contributed by atoms with van der Waals surface area (Å²) < 4.78 is 6.13. The lowest BCUT2D eigenvalue weighted by molar-refractivity contribution is -0.118. The van der Waals surface area contributed by atoms with Gasteiger partial charge in [-0.25, -0.2) is 4.98 Å². The van der Waals surface area contributed by atoms with E-state index in [0.717, 1.165) is 21.0 Å². The molecule has 0 radical (unpaired) electrons. The van der Waals surface area contributed by atoms with Crippen molar-refractivity contribution in [2.24, 2.45) is 0 Å². The Kier molecular flexibility index (Phi) is 7.11. The fourth-order valence-electron chi connectivity index (χ4n) is 2.84. The fraction of sp³-hybridized carbons (Fsp3) is 0.286. The molecule has 0 aliphatic rings. The number of benzene rings is 2. The number of nitrogens with one attached hydrogen (secondary N) is 2. The van der Waals surface area contributed by atoms with Crippen LogP contribution in [-0.4, -0.2) is 42.0 Å². The van der Waals surface area contributed by atoms with Crippen LogP contribution >= 0.6 is 23.1 Å². The number of aryl methyl sites for hydroxylation is 1. The Morgan fingerprint density at radius 3 is 2.66 bits per heavy atom. The lowest BCUT2D eigenvalue weighted by Gasteiger charge is -2.18. The lowest BCUT2D eigenvalue weighted by atomic mass is 10.1. The zero-order valence-electron chi connectivity index (χ0n) is 16.5. The number of thiazole rings is 1. The number of hydrogen-bond acceptors (Lipinski definition) is 6. The first-order valence-electron chi connectivity index (χ1n) is 9.12. The van der Waals surface area contributed by atoms with Crippen molar-refractivity contribution in [1.82, 2.24) is 10.3 Å². The Balaban J connectivity index is 1.71. The van der Waals surface area contributed by atoms with Crippen molar-refractivity contribution in [2.45, 2.75) is 19.4 Å². The van der Waals surface area contributed by atoms with Crippen LogP contribution in [0.3, 0.4) is 0 Å². The lowest BCUT2D eigenvalue weighted by Crippen LogP contribution is -2.44. The second kappa shape index (κ2) is 9.76. The third-order valence-electron chi connectivity index (χ3n) is 4.35. The number of thioether (sulfide) groups is 1. The van der Waals surface area contributed by atoms with E-state index in [9.17, 15) is 9.59 Å². The van der Waals surface area contributed by atoms with Gasteiger partial charge in [0, 0.05) is 11.3 Å². The van der Waals surface area contributed by atoms with Crippen LogP contribution in [0.5, 0.6) is 5.75 Å². The number of amides is 2. The molecule has 0 spiro atoms. The third-order valence-corrected chi connectivity index (χ3v) is 5.93. The minimum Gasteiger partial charge on any atom is -0.497 e. The van der Waals surface area contributed by atoms with E-state index in [0.29, 0.717) is 23.4 Å². The molecule has 0 saturated carbocycles. The Morgan fingerprint density at radius 1 is 1.21 bits per heavy atom. The van der Waals surface area contributed by atoms with Gasteiger partial charge >= 0.3 is 0 Å². The van der Waals surface area contributed by atoms with Crippen molar-refractivity contribution < 1.29 is 14.3 Å². The van der Waals surface area contributed by atoms with Crippen LogP contribution in [0.1, 0.15) is 21.8 Å². The molecule has 0 aliphatic carbocycles. The summed E-state index contributed by atoms with van der Waals surface area (Å²) in [6.07, 6.45) is 2.51. The van der Waals surface area contributed by atoms with Crippen molar-refractivity contribution in [2.75, 3.05) is 24.4 Å². The molecule has 3 rings (SSSR count). The Hall–Kier alpha value is -2.58. The second-order valence-electron chi connectivity index (χ2n) is 6.44. The first-order chi connectivity index (χ1) is 14.0. The predicted molar refractivity (Wildman–Crippen MR) is 120 cm³/mol. The number of rotatable bonds is 8. The number of carbonyl (C=O) groups excluding carboxylic acids is 2. The molecule has 1 heterocycles. The van der Waals surface area contributed by atoms with Crippen LogP contribution in [0.2, 0.25) is 0 Å². The van der Waals surface area contributed by atoms with Gasteiger partial charge in [0.25, 0.3) is 5.91 Å². The summed E-state index contributed by atoms with van der Waals surface area (Å²) >= 11 is 3.21. The van der Waals surface area contributed by atoms with E-state index in [1.165, 1.54) is 0 Å². The minimum absolute atomic E-state index is 0.235. The van der Waals surface area contributed by atoms with Crippen molar-refractivity contribution >= 4 is 50.8 Å². The average molecular weight is 430 g/mol. The summed E-state index contributed by atoms with van der Waals surface area (Å²) in [6, 6.07) is 11.8. The quantitative estimate of drug-likeness (QED) is 0.563. The standard InChI is InChI=1S/C21H23N3O3S2/c1-13-22-17-9-6-15(12-19(17)29-13)23-21(26)18(10-11-28-3)24-20(25)14-4-7-16(27-2)8-5-14/h4-9,12,18H,10-11H2,1-3H3,(H,23,26)(H,24,25)/t18-/m1/s1. The van der Waals surface area contributed by atoms with Gasteiger partial charge < -0.3 is 15.4 Å². The molecule has 3 aromatic rings. The van der Waals surface area contributed by atoms with E-state index in [1.807, 2.05) is 31.4 Å². The maximum absolute atomic E-state index is 12.9. The molecular weight excluding hydrogens is 406 g/mol. The highest BCUT2D eigenvalue weighted by molar-refractivity contribution is 7.98. The number of anilines is 1. The van der Waals surface area contributed by atoms with E-state index >= 15 is 0 Å². The number of nitrogens with zero attached hydrogens (tertiary/aromatic N) is 1. The SMILES string of the molecule is COc1ccc(C(=O)N[C@H](CCSC)C(=O)Nc2ccc3nc(C)sc3c2)cc1. The summed E-state index contributed by atoms with van der Waals surface area (Å²) in [5, 5.41) is 6.76. The van der Waals surface area contributed by atoms with Crippen molar-refractivity contribution in [3.8, 4) is 5.75 Å². The van der Waals surface area contributed by atoms with E-state index in [1.54, 1.807) is 54.5 Å². The van der Waals surface area contributed by atoms with Crippen molar-refractivity contribution in [1.29, 1.82) is 0 Å². The summed E-state index contributed by atoms with van der Waals surface area (Å²) in [7, 11) is 1.57. The van der Waals surface area contributed by atoms with Gasteiger partial charge in [-0.2, -0.15) is 11.8 Å². The Labute approximate surface area is 178 Å². The zero-order valence-corrected chi connectivity index (χ0v) is 18.2. The van der Waals surface area contributed by atoms with Gasteiger partial charge in [-0.3, -0.25) is 9.59 Å². The number of ether oxygens (including phenoxy) is 1. The number of hydrogen-bond donors (Lipinski definition) is 2. The van der Waals surface area contributed by atoms with Crippen LogP contribution in [0.15, 0.2) is 42.5 Å². The molecule has 2 N–H and O–H groups in total. The fourth-order valence-corrected chi connectivity index (χ4v) is 4.17. The summed E-state index contributed by atoms with van der Waals surface area (Å²) in [6.45, 7) is 1.95. The molecule has 152 valence electrons. The topological polar surface area (TPSA) is 80.3 Å². The zero-order chi connectivity index (χ0) is 20.8. The second-order valence-corrected chi connectivity index (χ2v) is 8.66. The maximum Gasteiger partial charge on any atom is 0.251 e. The van der Waals surface area contributed by atoms with Gasteiger partial charge in [0.15, 0.2) is 0 Å². The van der Waals surface area contributed by atoms with Crippen LogP contribution in [0.25, 0.3) is 10.2 Å². The van der Waals surface area contributed by atoms with Crippen LogP contribution < -0.4 is 15.4 Å². The largest absolute Gasteiger partial charge is 0.497 e. The summed E-state index contributed by atoms with van der Waals surface area (Å²) in [5.74, 6) is 0.907. The van der Waals surface area contributed by atoms with Gasteiger partial charge in [-0.15, -0.1) is 11.3 Å². The first-order valence-corrected chi connectivity index (χ1v) is 11.3. The normalized spacial score (nSPS) is 11.8. The molecule has 0 bridgehead atoms. The van der Waals surface area contributed by atoms with E-state index in [-0.39, 0.29) is 11.8 Å². The molecule has 0 aliphatic heterocycles. The van der Waals surface area contributed by atoms with Gasteiger partial charge in [0.1, 0.15) is 11.8 Å². The molecule has 6 nitrogen and oxygen atoms in total. The molecule has 0 saturated heterocycles. The molecule has 2 amide bonds. The predicted octanol–water partition coefficient (Wildman–Crippen LogP) is 4.10. The van der Waals surface area contributed by atoms with Crippen molar-refractivity contribution in [3.63, 3.8) is 0 Å². The number of carbonyl (C=O) groups is 2. The van der Waals surface area contributed by atoms with Gasteiger partial charge in [0.05, 0.1) is 22.3 Å². The van der Waals surface area contributed by atoms with E-state index in [2.05, 4.69) is 15.6 Å². The molecule has 8 heteroatoms. The molecule has 1 aromatic heterocycles. The van der Waals surface area contributed by atoms with Crippen LogP contribution in [-0.2, 0) is 4.79 Å². The molecule has 1 atom stereocenters. The number of aromatic nitrogens is 1. The van der Waals surface area contributed by atoms with Gasteiger partial charge in [-0.1, -0.05) is 0 Å². The van der Waals surface area contributed by atoms with Gasteiger partial charge in [0.2, 0.25) is 5.91 Å². The smallest absolute Gasteiger partial charge is 0.251 e. The first kappa shape index (κ1) is 21.1. The minimum atomic E-state index is -0.629. The molecule has 29 heavy (non-hydrogen) atoms. The number of methoxy groups -OCH3 is 1. The van der Waals surface area contributed by atoms with Crippen LogP contribution in [0.4, 0.5) is 5.69 Å². The molecular formula is C21H23N3O3S2. The van der Waals surface area contributed by atoms with Crippen LogP contribution in [0, 0.1) is 6.92 Å². The molecule has 2 aromatic carbocycles. The van der Waals surface area contributed by atoms with E-state index < -0.39 is 6.04 Å². The monoisotopic (exact) mass is 429 g/mol. The van der Waals surface area contributed by atoms with E-state index in [4.69, 9.17) is 4.74 Å². The Morgan fingerprint density at radius 2 is 1.97 bits per heavy atom. The van der Waals surface area contributed by atoms with Crippen molar-refractivity contribution in [3.05, 3.63) is 53.0 Å². The third kappa shape index (κ3) is 5.48. The summed E-state index contributed by atoms with van der Waals surface area (Å²) in [5.41, 5.74) is 2.09. The highest BCUT2D eigenvalue weighted by Gasteiger charge is 2.21. The summed E-state index contributed by atoms with van der Waals surface area (Å²) in [4.78, 5) is 29.9. The average Bonchev–Trinajstić information content (AvgIpc) is 3.10. The van der Waals surface area contributed by atoms with Gasteiger partial charge in [-0.05, 0) is 67.8 Å². The molecule has 0 unspecified atom stereocenters. The highest BCUT2D eigenvalue weighted by Crippen LogP contribution is 2.25. The highest BCUT2D eigenvalue weighted by atomic mass is 32.2.